The molecule has 0 aliphatic rings. The Hall–Kier alpha value is -2.50. The summed E-state index contributed by atoms with van der Waals surface area (Å²) < 4.78 is 27.0. The van der Waals surface area contributed by atoms with Gasteiger partial charge in [-0.25, -0.2) is 13.1 Å². The number of hydrogen-bond acceptors (Lipinski definition) is 6. The van der Waals surface area contributed by atoms with Crippen molar-refractivity contribution in [2.45, 2.75) is 11.8 Å². The van der Waals surface area contributed by atoms with Gasteiger partial charge in [0.2, 0.25) is 10.0 Å². The monoisotopic (exact) mass is 457 g/mol. The molecule has 27 heavy (non-hydrogen) atoms. The number of rotatable bonds is 7. The number of aromatic hydroxyl groups is 1. The molecule has 0 aromatic heterocycles. The molecule has 0 saturated heterocycles. The number of non-ortho nitro benzene ring substituents is 1. The number of phenols is 1. The van der Waals surface area contributed by atoms with Crippen molar-refractivity contribution in [3.05, 3.63) is 62.1 Å². The Morgan fingerprint density at radius 1 is 1.26 bits per heavy atom. The van der Waals surface area contributed by atoms with E-state index in [9.17, 15) is 28.4 Å². The van der Waals surface area contributed by atoms with Gasteiger partial charge in [0.1, 0.15) is 5.75 Å². The van der Waals surface area contributed by atoms with Crippen molar-refractivity contribution in [3.63, 3.8) is 0 Å². The number of nitro benzene ring substituents is 1. The molecule has 2 rings (SSSR count). The zero-order chi connectivity index (χ0) is 20.2. The van der Waals surface area contributed by atoms with Crippen molar-refractivity contribution in [1.29, 1.82) is 0 Å². The molecule has 3 N–H and O–H groups in total. The van der Waals surface area contributed by atoms with E-state index in [1.54, 1.807) is 13.0 Å². The third-order valence-electron chi connectivity index (χ3n) is 3.49. The fourth-order valence-electron chi connectivity index (χ4n) is 2.21. The first kappa shape index (κ1) is 20.8. The standard InChI is InChI=1S/C16H16BrN3O6S/c1-10-7-13(15(21)14(17)8-10)16(22)18-5-6-19-27(25,26)12-4-2-3-11(9-12)20(23)24/h2-4,7-9,19,21H,5-6H2,1H3,(H,18,22). The van der Waals surface area contributed by atoms with Crippen LogP contribution in [0, 0.1) is 17.0 Å². The number of carbonyl (C=O) groups is 1. The SMILES string of the molecule is Cc1cc(Br)c(O)c(C(=O)NCCNS(=O)(=O)c2cccc([N+](=O)[O-])c2)c1. The Morgan fingerprint density at radius 3 is 2.63 bits per heavy atom. The van der Waals surface area contributed by atoms with Gasteiger partial charge in [0.25, 0.3) is 11.6 Å². The molecule has 0 aliphatic carbocycles. The molecule has 1 amide bonds. The number of nitro groups is 1. The zero-order valence-corrected chi connectivity index (χ0v) is 16.5. The molecule has 9 nitrogen and oxygen atoms in total. The van der Waals surface area contributed by atoms with E-state index in [2.05, 4.69) is 26.0 Å². The Bertz CT molecular complexity index is 994. The van der Waals surface area contributed by atoms with E-state index in [0.717, 1.165) is 11.6 Å². The highest BCUT2D eigenvalue weighted by molar-refractivity contribution is 9.10. The van der Waals surface area contributed by atoms with E-state index in [4.69, 9.17) is 0 Å². The van der Waals surface area contributed by atoms with Crippen molar-refractivity contribution in [1.82, 2.24) is 10.0 Å². The lowest BCUT2D eigenvalue weighted by atomic mass is 10.1. The number of halogens is 1. The van der Waals surface area contributed by atoms with Crippen molar-refractivity contribution in [2.24, 2.45) is 0 Å². The van der Waals surface area contributed by atoms with Crippen LogP contribution < -0.4 is 10.0 Å². The predicted molar refractivity (Wildman–Crippen MR) is 101 cm³/mol. The molecule has 0 bridgehead atoms. The fourth-order valence-corrected chi connectivity index (χ4v) is 3.86. The quantitative estimate of drug-likeness (QED) is 0.330. The van der Waals surface area contributed by atoms with Gasteiger partial charge < -0.3 is 10.4 Å². The maximum atomic E-state index is 12.2. The van der Waals surface area contributed by atoms with Gasteiger partial charge in [0.05, 0.1) is 19.9 Å². The van der Waals surface area contributed by atoms with Crippen LogP contribution in [0.3, 0.4) is 0 Å². The van der Waals surface area contributed by atoms with Gasteiger partial charge in [-0.3, -0.25) is 14.9 Å². The highest BCUT2D eigenvalue weighted by Gasteiger charge is 2.18. The topological polar surface area (TPSA) is 139 Å². The summed E-state index contributed by atoms with van der Waals surface area (Å²) in [7, 11) is -3.96. The Balaban J connectivity index is 1.97. The minimum Gasteiger partial charge on any atom is -0.506 e. The van der Waals surface area contributed by atoms with Crippen LogP contribution in [0.1, 0.15) is 15.9 Å². The van der Waals surface area contributed by atoms with E-state index in [0.29, 0.717) is 4.47 Å². The number of benzene rings is 2. The average molecular weight is 458 g/mol. The lowest BCUT2D eigenvalue weighted by molar-refractivity contribution is -0.385. The lowest BCUT2D eigenvalue weighted by Gasteiger charge is -2.10. The van der Waals surface area contributed by atoms with Crippen LogP contribution in [-0.2, 0) is 10.0 Å². The highest BCUT2D eigenvalue weighted by Crippen LogP contribution is 2.29. The second-order valence-corrected chi connectivity index (χ2v) is 8.17. The number of nitrogens with one attached hydrogen (secondary N) is 2. The molecular formula is C16H16BrN3O6S. The van der Waals surface area contributed by atoms with E-state index in [1.165, 1.54) is 24.3 Å². The summed E-state index contributed by atoms with van der Waals surface area (Å²) in [6.07, 6.45) is 0. The van der Waals surface area contributed by atoms with E-state index in [1.807, 2.05) is 0 Å². The van der Waals surface area contributed by atoms with Crippen molar-refractivity contribution in [2.75, 3.05) is 13.1 Å². The molecule has 2 aromatic rings. The van der Waals surface area contributed by atoms with Crippen molar-refractivity contribution in [3.8, 4) is 5.75 Å². The van der Waals surface area contributed by atoms with Gasteiger partial charge in [-0.05, 0) is 46.6 Å². The second kappa shape index (κ2) is 8.46. The van der Waals surface area contributed by atoms with Crippen LogP contribution in [0.15, 0.2) is 45.8 Å². The van der Waals surface area contributed by atoms with Crippen LogP contribution in [-0.4, -0.2) is 37.4 Å². The number of hydrogen-bond donors (Lipinski definition) is 3. The Kier molecular flexibility index (Phi) is 6.52. The van der Waals surface area contributed by atoms with Gasteiger partial charge in [0, 0.05) is 25.2 Å². The zero-order valence-electron chi connectivity index (χ0n) is 14.1. The third-order valence-corrected chi connectivity index (χ3v) is 5.56. The van der Waals surface area contributed by atoms with Crippen LogP contribution in [0.4, 0.5) is 5.69 Å². The number of aryl methyl sites for hydroxylation is 1. The van der Waals surface area contributed by atoms with Crippen molar-refractivity contribution < 1.29 is 23.2 Å². The van der Waals surface area contributed by atoms with Gasteiger partial charge in [-0.1, -0.05) is 6.07 Å². The number of amides is 1. The highest BCUT2D eigenvalue weighted by atomic mass is 79.9. The summed E-state index contributed by atoms with van der Waals surface area (Å²) >= 11 is 3.15. The summed E-state index contributed by atoms with van der Waals surface area (Å²) in [6.45, 7) is 1.58. The largest absolute Gasteiger partial charge is 0.506 e. The normalized spacial score (nSPS) is 11.2. The van der Waals surface area contributed by atoms with E-state index >= 15 is 0 Å². The molecular weight excluding hydrogens is 442 g/mol. The van der Waals surface area contributed by atoms with Gasteiger partial charge in [-0.15, -0.1) is 0 Å². The third kappa shape index (κ3) is 5.25. The summed E-state index contributed by atoms with van der Waals surface area (Å²) in [4.78, 5) is 21.9. The Labute approximate surface area is 163 Å². The molecule has 144 valence electrons. The summed E-state index contributed by atoms with van der Waals surface area (Å²) in [5.74, 6) is -0.776. The molecule has 0 atom stereocenters. The summed E-state index contributed by atoms with van der Waals surface area (Å²) in [5, 5.41) is 23.2. The number of sulfonamides is 1. The lowest BCUT2D eigenvalue weighted by Crippen LogP contribution is -2.34. The summed E-state index contributed by atoms with van der Waals surface area (Å²) in [6, 6.07) is 7.79. The van der Waals surface area contributed by atoms with Gasteiger partial charge in [0.15, 0.2) is 0 Å². The molecule has 11 heteroatoms. The first-order valence-electron chi connectivity index (χ1n) is 7.63. The molecule has 2 aromatic carbocycles. The van der Waals surface area contributed by atoms with E-state index < -0.39 is 20.9 Å². The first-order chi connectivity index (χ1) is 12.6. The maximum absolute atomic E-state index is 12.2. The Morgan fingerprint density at radius 2 is 1.96 bits per heavy atom. The predicted octanol–water partition coefficient (Wildman–Crippen LogP) is 2.08. The molecule has 0 fully saturated rings. The average Bonchev–Trinajstić information content (AvgIpc) is 2.61. The van der Waals surface area contributed by atoms with E-state index in [-0.39, 0.29) is 35.0 Å². The molecule has 0 spiro atoms. The van der Waals surface area contributed by atoms with Crippen molar-refractivity contribution >= 4 is 37.5 Å². The molecule has 0 heterocycles. The molecule has 0 aliphatic heterocycles. The fraction of sp³-hybridized carbons (Fsp3) is 0.188. The van der Waals surface area contributed by atoms with Crippen LogP contribution in [0.2, 0.25) is 0 Å². The van der Waals surface area contributed by atoms with Gasteiger partial charge >= 0.3 is 0 Å². The molecule has 0 unspecified atom stereocenters. The van der Waals surface area contributed by atoms with Crippen LogP contribution in [0.25, 0.3) is 0 Å². The first-order valence-corrected chi connectivity index (χ1v) is 9.91. The smallest absolute Gasteiger partial charge is 0.270 e. The second-order valence-electron chi connectivity index (χ2n) is 5.55. The molecule has 0 radical (unpaired) electrons. The van der Waals surface area contributed by atoms with Crippen LogP contribution in [0.5, 0.6) is 5.75 Å². The number of phenolic OH excluding ortho intramolecular Hbond substituents is 1. The van der Waals surface area contributed by atoms with Crippen LogP contribution >= 0.6 is 15.9 Å². The molecule has 0 saturated carbocycles. The number of nitrogens with zero attached hydrogens (tertiary/aromatic N) is 1. The maximum Gasteiger partial charge on any atom is 0.270 e. The minimum atomic E-state index is -3.96. The van der Waals surface area contributed by atoms with Gasteiger partial charge in [-0.2, -0.15) is 0 Å². The summed E-state index contributed by atoms with van der Waals surface area (Å²) in [5.41, 5.74) is 0.478. The number of carbonyl (C=O) groups excluding carboxylic acids is 1. The minimum absolute atomic E-state index is 0.0437.